The summed E-state index contributed by atoms with van der Waals surface area (Å²) >= 11 is 0. The van der Waals surface area contributed by atoms with Crippen molar-refractivity contribution in [3.05, 3.63) is 143 Å². The van der Waals surface area contributed by atoms with Gasteiger partial charge >= 0.3 is 12.1 Å². The van der Waals surface area contributed by atoms with Crippen molar-refractivity contribution in [2.45, 2.75) is 25.9 Å². The first-order valence-electron chi connectivity index (χ1n) is 15.1. The summed E-state index contributed by atoms with van der Waals surface area (Å²) in [5, 5.41) is 0. The van der Waals surface area contributed by atoms with Gasteiger partial charge in [0, 0.05) is 53.3 Å². The maximum absolute atomic E-state index is 14.4. The van der Waals surface area contributed by atoms with Gasteiger partial charge in [-0.05, 0) is 74.0 Å². The number of alkyl halides is 3. The molecule has 1 aliphatic heterocycles. The van der Waals surface area contributed by atoms with Crippen LogP contribution in [0.5, 0.6) is 11.5 Å². The number of carbonyl (C=O) groups is 1. The molecule has 0 aliphatic carbocycles. The molecular weight excluding hydrogens is 589 g/mol. The number of hydrogen-bond donors (Lipinski definition) is 0. The Morgan fingerprint density at radius 3 is 2.11 bits per heavy atom. The first-order chi connectivity index (χ1) is 22.2. The Hall–Kier alpha value is -5.24. The predicted molar refractivity (Wildman–Crippen MR) is 175 cm³/mol. The summed E-state index contributed by atoms with van der Waals surface area (Å²) in [5.41, 5.74) is 3.96. The molecule has 5 nitrogen and oxygen atoms in total. The van der Waals surface area contributed by atoms with E-state index >= 15 is 0 Å². The summed E-state index contributed by atoms with van der Waals surface area (Å²) in [4.78, 5) is 16.8. The van der Waals surface area contributed by atoms with Crippen LogP contribution in [0.15, 0.2) is 115 Å². The topological polar surface area (TPSA) is 42.0 Å². The molecule has 8 heteroatoms. The number of nitrogens with zero attached hydrogens (tertiary/aromatic N) is 2. The fraction of sp³-hybridized carbons (Fsp3) is 0.184. The predicted octanol–water partition coefficient (Wildman–Crippen LogP) is 10.1. The standard InChI is InChI=1S/C38H33F3N2O3/c1-4-42(5-2)26-19-21-30-35(24-26)46-34-22-20-27(23-31(34)36(30)28-15-9-10-16-29(28)37(44)45-3)43(25-13-7-6-8-14-25)33-18-12-11-17-32(33)38(39,40)41/h6-24,36H,4-5H2,1-3H3. The van der Waals surface area contributed by atoms with Crippen LogP contribution in [0.1, 0.15) is 52.4 Å². The van der Waals surface area contributed by atoms with E-state index in [0.29, 0.717) is 39.6 Å². The summed E-state index contributed by atoms with van der Waals surface area (Å²) in [7, 11) is 1.34. The number of benzene rings is 5. The van der Waals surface area contributed by atoms with E-state index in [9.17, 15) is 18.0 Å². The van der Waals surface area contributed by atoms with E-state index in [1.54, 1.807) is 59.5 Å². The molecule has 0 bridgehead atoms. The van der Waals surface area contributed by atoms with Gasteiger partial charge in [-0.2, -0.15) is 13.2 Å². The second-order valence-electron chi connectivity index (χ2n) is 10.9. The number of ether oxygens (including phenoxy) is 2. The van der Waals surface area contributed by atoms with Crippen LogP contribution in [-0.4, -0.2) is 26.2 Å². The summed E-state index contributed by atoms with van der Waals surface area (Å²) in [6.07, 6.45) is -4.58. The number of anilines is 4. The first kappa shape index (κ1) is 30.8. The highest BCUT2D eigenvalue weighted by molar-refractivity contribution is 5.92. The van der Waals surface area contributed by atoms with Crippen LogP contribution >= 0.6 is 0 Å². The molecule has 5 aromatic rings. The van der Waals surface area contributed by atoms with E-state index in [2.05, 4.69) is 18.7 Å². The lowest BCUT2D eigenvalue weighted by atomic mass is 9.80. The zero-order valence-corrected chi connectivity index (χ0v) is 25.7. The number of halogens is 3. The Morgan fingerprint density at radius 2 is 1.39 bits per heavy atom. The molecule has 46 heavy (non-hydrogen) atoms. The Morgan fingerprint density at radius 1 is 0.717 bits per heavy atom. The largest absolute Gasteiger partial charge is 0.465 e. The van der Waals surface area contributed by atoms with Gasteiger partial charge < -0.3 is 19.3 Å². The molecule has 1 unspecified atom stereocenters. The molecule has 1 aliphatic rings. The van der Waals surface area contributed by atoms with Gasteiger partial charge in [0.1, 0.15) is 11.5 Å². The van der Waals surface area contributed by atoms with Gasteiger partial charge in [0.25, 0.3) is 0 Å². The van der Waals surface area contributed by atoms with Gasteiger partial charge in [-0.15, -0.1) is 0 Å². The van der Waals surface area contributed by atoms with Gasteiger partial charge in [-0.1, -0.05) is 54.6 Å². The van der Waals surface area contributed by atoms with Crippen LogP contribution in [0.25, 0.3) is 0 Å². The van der Waals surface area contributed by atoms with Gasteiger partial charge in [-0.25, -0.2) is 4.79 Å². The average molecular weight is 623 g/mol. The first-order valence-corrected chi connectivity index (χ1v) is 15.1. The summed E-state index contributed by atoms with van der Waals surface area (Å²) in [6, 6.07) is 33.2. The van der Waals surface area contributed by atoms with Gasteiger partial charge in [0.05, 0.1) is 23.9 Å². The third-order valence-corrected chi connectivity index (χ3v) is 8.36. The SMILES string of the molecule is CCN(CC)c1ccc2c(c1)Oc1ccc(N(c3ccccc3)c3ccccc3C(F)(F)F)cc1C2c1ccccc1C(=O)OC. The minimum atomic E-state index is -4.58. The van der Waals surface area contributed by atoms with Crippen LogP contribution in [0.4, 0.5) is 35.9 Å². The summed E-state index contributed by atoms with van der Waals surface area (Å²) in [6.45, 7) is 5.81. The maximum atomic E-state index is 14.4. The van der Waals surface area contributed by atoms with Crippen molar-refractivity contribution in [1.29, 1.82) is 0 Å². The van der Waals surface area contributed by atoms with E-state index in [0.717, 1.165) is 30.4 Å². The van der Waals surface area contributed by atoms with E-state index in [-0.39, 0.29) is 5.69 Å². The third-order valence-electron chi connectivity index (χ3n) is 8.36. The number of fused-ring (bicyclic) bond motifs is 2. The number of methoxy groups -OCH3 is 1. The molecule has 5 aromatic carbocycles. The van der Waals surface area contributed by atoms with E-state index < -0.39 is 23.6 Å². The van der Waals surface area contributed by atoms with Gasteiger partial charge in [0.15, 0.2) is 0 Å². The Labute approximate surface area is 266 Å². The molecule has 0 N–H and O–H groups in total. The average Bonchev–Trinajstić information content (AvgIpc) is 3.08. The molecule has 1 atom stereocenters. The van der Waals surface area contributed by atoms with Crippen LogP contribution in [0, 0.1) is 0 Å². The van der Waals surface area contributed by atoms with Gasteiger partial charge in [0.2, 0.25) is 0 Å². The molecule has 1 heterocycles. The normalized spacial score (nSPS) is 13.7. The van der Waals surface area contributed by atoms with Crippen LogP contribution in [-0.2, 0) is 10.9 Å². The van der Waals surface area contributed by atoms with Crippen molar-refractivity contribution in [2.75, 3.05) is 30.0 Å². The third kappa shape index (κ3) is 5.67. The minimum absolute atomic E-state index is 0.00588. The smallest absolute Gasteiger partial charge is 0.418 e. The zero-order valence-electron chi connectivity index (χ0n) is 25.7. The zero-order chi connectivity index (χ0) is 32.4. The number of hydrogen-bond acceptors (Lipinski definition) is 5. The van der Waals surface area contributed by atoms with E-state index in [4.69, 9.17) is 9.47 Å². The van der Waals surface area contributed by atoms with Crippen molar-refractivity contribution in [1.82, 2.24) is 0 Å². The molecule has 0 radical (unpaired) electrons. The molecule has 6 rings (SSSR count). The Bertz CT molecular complexity index is 1870. The molecular formula is C38H33F3N2O3. The number of carbonyl (C=O) groups excluding carboxylic acids is 1. The second-order valence-corrected chi connectivity index (χ2v) is 10.9. The van der Waals surface area contributed by atoms with E-state index in [1.807, 2.05) is 42.5 Å². The fourth-order valence-electron chi connectivity index (χ4n) is 6.21. The highest BCUT2D eigenvalue weighted by atomic mass is 19.4. The molecule has 0 amide bonds. The monoisotopic (exact) mass is 622 g/mol. The Balaban J connectivity index is 1.59. The molecule has 0 saturated heterocycles. The molecule has 0 spiro atoms. The van der Waals surface area contributed by atoms with Crippen LogP contribution < -0.4 is 14.5 Å². The van der Waals surface area contributed by atoms with Gasteiger partial charge in [-0.3, -0.25) is 0 Å². The molecule has 0 saturated carbocycles. The number of esters is 1. The lowest BCUT2D eigenvalue weighted by Gasteiger charge is -2.33. The summed E-state index contributed by atoms with van der Waals surface area (Å²) < 4.78 is 54.8. The van der Waals surface area contributed by atoms with E-state index in [1.165, 1.54) is 19.2 Å². The highest BCUT2D eigenvalue weighted by Gasteiger charge is 2.37. The molecule has 0 aromatic heterocycles. The molecule has 234 valence electrons. The van der Waals surface area contributed by atoms with Crippen molar-refractivity contribution in [2.24, 2.45) is 0 Å². The fourth-order valence-corrected chi connectivity index (χ4v) is 6.21. The second kappa shape index (κ2) is 12.6. The van der Waals surface area contributed by atoms with Crippen molar-refractivity contribution in [3.63, 3.8) is 0 Å². The lowest BCUT2D eigenvalue weighted by molar-refractivity contribution is -0.137. The molecule has 0 fully saturated rings. The highest BCUT2D eigenvalue weighted by Crippen LogP contribution is 2.51. The van der Waals surface area contributed by atoms with Crippen molar-refractivity contribution < 1.29 is 27.4 Å². The van der Waals surface area contributed by atoms with Crippen molar-refractivity contribution >= 4 is 28.7 Å². The van der Waals surface area contributed by atoms with Crippen LogP contribution in [0.2, 0.25) is 0 Å². The minimum Gasteiger partial charge on any atom is -0.465 e. The number of para-hydroxylation sites is 2. The lowest BCUT2D eigenvalue weighted by Crippen LogP contribution is -2.22. The quantitative estimate of drug-likeness (QED) is 0.158. The summed E-state index contributed by atoms with van der Waals surface area (Å²) in [5.74, 6) is 0.243. The van der Waals surface area contributed by atoms with Crippen molar-refractivity contribution in [3.8, 4) is 11.5 Å². The number of rotatable bonds is 8. The maximum Gasteiger partial charge on any atom is 0.418 e. The van der Waals surface area contributed by atoms with Crippen LogP contribution in [0.3, 0.4) is 0 Å². The Kier molecular flexibility index (Phi) is 8.45.